The number of nitrogens with one attached hydrogen (secondary N) is 4. The van der Waals surface area contributed by atoms with Crippen LogP contribution in [0.4, 0.5) is 11.4 Å². The number of hydrogen-bond donors (Lipinski definition) is 4. The molecule has 31 heavy (non-hydrogen) atoms. The summed E-state index contributed by atoms with van der Waals surface area (Å²) >= 11 is 0. The third-order valence-corrected chi connectivity index (χ3v) is 6.63. The number of rotatable bonds is 6. The van der Waals surface area contributed by atoms with Crippen molar-refractivity contribution in [1.29, 1.82) is 5.41 Å². The molecule has 0 saturated carbocycles. The fraction of sp³-hybridized carbons (Fsp3) is 0.609. The van der Waals surface area contributed by atoms with Crippen LogP contribution in [-0.4, -0.2) is 63.0 Å². The zero-order chi connectivity index (χ0) is 21.8. The molecule has 1 aromatic rings. The van der Waals surface area contributed by atoms with Gasteiger partial charge in [-0.3, -0.25) is 14.9 Å². The molecule has 8 heteroatoms. The molecule has 0 spiro atoms. The van der Waals surface area contributed by atoms with Gasteiger partial charge in [0, 0.05) is 43.5 Å². The Kier molecular flexibility index (Phi) is 6.87. The number of carbonyl (C=O) groups excluding carboxylic acids is 2. The molecule has 1 aromatic carbocycles. The molecule has 2 amide bonds. The smallest absolute Gasteiger partial charge is 0.235 e. The van der Waals surface area contributed by atoms with Gasteiger partial charge in [0.15, 0.2) is 0 Å². The molecule has 0 aromatic heterocycles. The second-order valence-electron chi connectivity index (χ2n) is 8.67. The van der Waals surface area contributed by atoms with Crippen molar-refractivity contribution in [3.05, 3.63) is 23.8 Å². The van der Waals surface area contributed by atoms with Crippen molar-refractivity contribution >= 4 is 28.9 Å². The van der Waals surface area contributed by atoms with Gasteiger partial charge in [0.05, 0.1) is 23.8 Å². The second-order valence-corrected chi connectivity index (χ2v) is 8.67. The predicted octanol–water partition coefficient (Wildman–Crippen LogP) is 1.89. The number of nitrogens with zero attached hydrogens (tertiary/aromatic N) is 1. The SMILES string of the molecule is CNc1cc(N2CCC(OC3CCNCC3)CC2)ccc1C(=N)C1CCC(=O)NC1=O. The van der Waals surface area contributed by atoms with E-state index >= 15 is 0 Å². The Hall–Kier alpha value is -2.45. The van der Waals surface area contributed by atoms with Crippen molar-refractivity contribution in [2.45, 2.75) is 50.7 Å². The summed E-state index contributed by atoms with van der Waals surface area (Å²) in [6.07, 6.45) is 5.64. The first-order valence-corrected chi connectivity index (χ1v) is 11.4. The minimum atomic E-state index is -0.585. The average molecular weight is 428 g/mol. The normalized spacial score (nSPS) is 23.5. The maximum absolute atomic E-state index is 12.2. The van der Waals surface area contributed by atoms with Crippen molar-refractivity contribution in [3.63, 3.8) is 0 Å². The monoisotopic (exact) mass is 427 g/mol. The molecule has 0 aliphatic carbocycles. The molecule has 3 fully saturated rings. The lowest BCUT2D eigenvalue weighted by molar-refractivity contribution is -0.134. The number of hydrogen-bond acceptors (Lipinski definition) is 7. The Bertz CT molecular complexity index is 829. The first-order chi connectivity index (χ1) is 15.0. The molecule has 1 atom stereocenters. The number of amides is 2. The van der Waals surface area contributed by atoms with E-state index in [4.69, 9.17) is 10.1 Å². The number of piperidine rings is 3. The summed E-state index contributed by atoms with van der Waals surface area (Å²) in [6, 6.07) is 6.01. The van der Waals surface area contributed by atoms with E-state index in [1.54, 1.807) is 0 Å². The molecule has 3 saturated heterocycles. The number of imide groups is 1. The molecule has 4 rings (SSSR count). The second kappa shape index (κ2) is 9.78. The summed E-state index contributed by atoms with van der Waals surface area (Å²) in [7, 11) is 1.83. The van der Waals surface area contributed by atoms with Crippen LogP contribution in [0, 0.1) is 11.3 Å². The Morgan fingerprint density at radius 1 is 1.10 bits per heavy atom. The number of carbonyl (C=O) groups is 2. The maximum atomic E-state index is 12.2. The van der Waals surface area contributed by atoms with E-state index in [9.17, 15) is 9.59 Å². The van der Waals surface area contributed by atoms with Gasteiger partial charge in [-0.05, 0) is 63.4 Å². The minimum absolute atomic E-state index is 0.259. The van der Waals surface area contributed by atoms with Crippen LogP contribution in [0.5, 0.6) is 0 Å². The van der Waals surface area contributed by atoms with Gasteiger partial charge in [0.2, 0.25) is 11.8 Å². The molecule has 8 nitrogen and oxygen atoms in total. The van der Waals surface area contributed by atoms with Crippen molar-refractivity contribution in [3.8, 4) is 0 Å². The van der Waals surface area contributed by atoms with E-state index in [1.165, 1.54) is 0 Å². The highest BCUT2D eigenvalue weighted by molar-refractivity contribution is 6.17. The summed E-state index contributed by atoms with van der Waals surface area (Å²) in [5, 5.41) is 17.5. The van der Waals surface area contributed by atoms with E-state index in [2.05, 4.69) is 26.9 Å². The van der Waals surface area contributed by atoms with E-state index < -0.39 is 5.92 Å². The van der Waals surface area contributed by atoms with E-state index in [1.807, 2.05) is 19.2 Å². The van der Waals surface area contributed by atoms with Gasteiger partial charge >= 0.3 is 0 Å². The molecule has 3 aliphatic rings. The van der Waals surface area contributed by atoms with Crippen molar-refractivity contribution in [2.75, 3.05) is 43.4 Å². The summed E-state index contributed by atoms with van der Waals surface area (Å²) in [5.74, 6) is -1.22. The Morgan fingerprint density at radius 3 is 2.48 bits per heavy atom. The lowest BCUT2D eigenvalue weighted by Crippen LogP contribution is -2.44. The van der Waals surface area contributed by atoms with Crippen molar-refractivity contribution in [2.24, 2.45) is 5.92 Å². The van der Waals surface area contributed by atoms with Crippen LogP contribution < -0.4 is 20.9 Å². The fourth-order valence-electron chi connectivity index (χ4n) is 4.78. The Morgan fingerprint density at radius 2 is 1.81 bits per heavy atom. The van der Waals surface area contributed by atoms with Gasteiger partial charge in [-0.1, -0.05) is 0 Å². The molecule has 0 radical (unpaired) electrons. The number of anilines is 2. The van der Waals surface area contributed by atoms with E-state index in [0.29, 0.717) is 24.2 Å². The van der Waals surface area contributed by atoms with Crippen LogP contribution in [0.3, 0.4) is 0 Å². The van der Waals surface area contributed by atoms with Crippen molar-refractivity contribution in [1.82, 2.24) is 10.6 Å². The lowest BCUT2D eigenvalue weighted by Gasteiger charge is -2.36. The lowest BCUT2D eigenvalue weighted by atomic mass is 9.88. The molecule has 0 bridgehead atoms. The number of ether oxygens (including phenoxy) is 1. The highest BCUT2D eigenvalue weighted by Gasteiger charge is 2.32. The summed E-state index contributed by atoms with van der Waals surface area (Å²) in [5.41, 5.74) is 2.92. The van der Waals surface area contributed by atoms with Crippen LogP contribution >= 0.6 is 0 Å². The zero-order valence-electron chi connectivity index (χ0n) is 18.2. The number of benzene rings is 1. The highest BCUT2D eigenvalue weighted by atomic mass is 16.5. The quantitative estimate of drug-likeness (QED) is 0.408. The van der Waals surface area contributed by atoms with Gasteiger partial charge in [0.1, 0.15) is 0 Å². The standard InChI is InChI=1S/C23H33N5O3/c1-25-20-14-15(2-3-18(20)22(24)19-4-5-21(29)27-23(19)30)28-12-8-17(9-13-28)31-16-6-10-26-11-7-16/h2-3,14,16-17,19,24-26H,4-13H2,1H3,(H,27,29,30). The van der Waals surface area contributed by atoms with Crippen LogP contribution in [0.15, 0.2) is 18.2 Å². The van der Waals surface area contributed by atoms with Crippen LogP contribution in [0.2, 0.25) is 0 Å². The minimum Gasteiger partial charge on any atom is -0.388 e. The molecular formula is C23H33N5O3. The summed E-state index contributed by atoms with van der Waals surface area (Å²) < 4.78 is 6.33. The Labute approximate surface area is 183 Å². The highest BCUT2D eigenvalue weighted by Crippen LogP contribution is 2.30. The molecule has 3 aliphatic heterocycles. The maximum Gasteiger partial charge on any atom is 0.235 e. The van der Waals surface area contributed by atoms with E-state index in [0.717, 1.165) is 63.2 Å². The fourth-order valence-corrected chi connectivity index (χ4v) is 4.78. The molecule has 4 N–H and O–H groups in total. The van der Waals surface area contributed by atoms with Crippen LogP contribution in [0.1, 0.15) is 44.1 Å². The summed E-state index contributed by atoms with van der Waals surface area (Å²) in [6.45, 7) is 4.00. The average Bonchev–Trinajstić information content (AvgIpc) is 2.79. The largest absolute Gasteiger partial charge is 0.388 e. The molecule has 3 heterocycles. The van der Waals surface area contributed by atoms with Gasteiger partial charge < -0.3 is 25.7 Å². The van der Waals surface area contributed by atoms with E-state index in [-0.39, 0.29) is 23.9 Å². The third-order valence-electron chi connectivity index (χ3n) is 6.63. The van der Waals surface area contributed by atoms with Gasteiger partial charge in [-0.15, -0.1) is 0 Å². The molecular weight excluding hydrogens is 394 g/mol. The van der Waals surface area contributed by atoms with Gasteiger partial charge in [0.25, 0.3) is 0 Å². The predicted molar refractivity (Wildman–Crippen MR) is 121 cm³/mol. The summed E-state index contributed by atoms with van der Waals surface area (Å²) in [4.78, 5) is 26.0. The van der Waals surface area contributed by atoms with Crippen LogP contribution in [-0.2, 0) is 14.3 Å². The first kappa shape index (κ1) is 21.8. The molecule has 168 valence electrons. The first-order valence-electron chi connectivity index (χ1n) is 11.4. The van der Waals surface area contributed by atoms with Crippen LogP contribution in [0.25, 0.3) is 0 Å². The van der Waals surface area contributed by atoms with Gasteiger partial charge in [-0.2, -0.15) is 0 Å². The van der Waals surface area contributed by atoms with Gasteiger partial charge in [-0.25, -0.2) is 0 Å². The topological polar surface area (TPSA) is 107 Å². The zero-order valence-corrected chi connectivity index (χ0v) is 18.2. The third kappa shape index (κ3) is 5.07. The van der Waals surface area contributed by atoms with Crippen molar-refractivity contribution < 1.29 is 14.3 Å². The Balaban J connectivity index is 1.38. The molecule has 1 unspecified atom stereocenters.